The van der Waals surface area contributed by atoms with E-state index in [-0.39, 0.29) is 11.7 Å². The summed E-state index contributed by atoms with van der Waals surface area (Å²) in [7, 11) is 1.96. The van der Waals surface area contributed by atoms with E-state index >= 15 is 0 Å². The summed E-state index contributed by atoms with van der Waals surface area (Å²) < 4.78 is 13.1. The number of nitrogens with zero attached hydrogens (tertiary/aromatic N) is 2. The first-order valence-electron chi connectivity index (χ1n) is 9.27. The number of halogens is 1. The van der Waals surface area contributed by atoms with Crippen molar-refractivity contribution in [3.8, 4) is 0 Å². The van der Waals surface area contributed by atoms with Crippen molar-refractivity contribution < 1.29 is 9.18 Å². The van der Waals surface area contributed by atoms with Gasteiger partial charge in [0.2, 0.25) is 5.91 Å². The Morgan fingerprint density at radius 3 is 2.21 bits per heavy atom. The fourth-order valence-electron chi connectivity index (χ4n) is 3.70. The van der Waals surface area contributed by atoms with Crippen molar-refractivity contribution in [3.05, 3.63) is 35.6 Å². The molecular weight excluding hydrogens is 303 g/mol. The molecule has 3 nitrogen and oxygen atoms in total. The van der Waals surface area contributed by atoms with Crippen molar-refractivity contribution in [1.82, 2.24) is 9.80 Å². The highest BCUT2D eigenvalue weighted by molar-refractivity contribution is 5.78. The first-order valence-corrected chi connectivity index (χ1v) is 9.27. The molecule has 2 aliphatic carbocycles. The first kappa shape index (κ1) is 17.4. The minimum atomic E-state index is -0.209. The normalized spacial score (nSPS) is 24.2. The van der Waals surface area contributed by atoms with Crippen LogP contribution >= 0.6 is 0 Å². The fraction of sp³-hybridized carbons (Fsp3) is 0.650. The van der Waals surface area contributed by atoms with Crippen LogP contribution in [-0.2, 0) is 11.3 Å². The van der Waals surface area contributed by atoms with Crippen LogP contribution in [0.4, 0.5) is 4.39 Å². The topological polar surface area (TPSA) is 23.6 Å². The molecule has 0 atom stereocenters. The molecule has 2 aliphatic rings. The third-order valence-corrected chi connectivity index (χ3v) is 5.63. The van der Waals surface area contributed by atoms with Gasteiger partial charge in [-0.3, -0.25) is 9.69 Å². The van der Waals surface area contributed by atoms with E-state index in [1.165, 1.54) is 37.8 Å². The molecule has 0 radical (unpaired) electrons. The quantitative estimate of drug-likeness (QED) is 0.790. The molecule has 1 amide bonds. The molecule has 2 saturated carbocycles. The lowest BCUT2D eigenvalue weighted by Crippen LogP contribution is -2.45. The summed E-state index contributed by atoms with van der Waals surface area (Å²) in [6.07, 6.45) is 7.04. The van der Waals surface area contributed by atoms with Crippen molar-refractivity contribution in [3.63, 3.8) is 0 Å². The van der Waals surface area contributed by atoms with Gasteiger partial charge >= 0.3 is 0 Å². The van der Waals surface area contributed by atoms with E-state index in [1.54, 1.807) is 0 Å². The molecule has 1 aromatic rings. The maximum absolute atomic E-state index is 13.1. The van der Waals surface area contributed by atoms with Crippen LogP contribution < -0.4 is 0 Å². The molecule has 132 valence electrons. The van der Waals surface area contributed by atoms with Crippen molar-refractivity contribution in [2.45, 2.75) is 64.1 Å². The molecule has 0 aliphatic heterocycles. The van der Waals surface area contributed by atoms with Gasteiger partial charge in [-0.25, -0.2) is 4.39 Å². The third kappa shape index (κ3) is 4.56. The zero-order valence-electron chi connectivity index (χ0n) is 14.9. The molecule has 2 fully saturated rings. The maximum atomic E-state index is 13.1. The van der Waals surface area contributed by atoms with E-state index in [4.69, 9.17) is 0 Å². The first-order chi connectivity index (χ1) is 11.5. The number of hydrogen-bond donors (Lipinski definition) is 0. The summed E-state index contributed by atoms with van der Waals surface area (Å²) in [4.78, 5) is 17.0. The molecule has 0 saturated heterocycles. The monoisotopic (exact) mass is 332 g/mol. The van der Waals surface area contributed by atoms with Gasteiger partial charge in [-0.1, -0.05) is 19.1 Å². The zero-order chi connectivity index (χ0) is 17.1. The maximum Gasteiger partial charge on any atom is 0.236 e. The second-order valence-corrected chi connectivity index (χ2v) is 7.68. The van der Waals surface area contributed by atoms with Gasteiger partial charge in [0, 0.05) is 25.7 Å². The van der Waals surface area contributed by atoms with Gasteiger partial charge in [0.1, 0.15) is 5.82 Å². The Labute approximate surface area is 144 Å². The van der Waals surface area contributed by atoms with E-state index in [2.05, 4.69) is 11.8 Å². The standard InChI is InChI=1S/C20H29FN2O/c1-15-3-9-18(10-4-15)22(2)20(24)14-23(19-11-12-19)13-16-5-7-17(21)8-6-16/h5-8,15,18-19H,3-4,9-14H2,1-2H3. The summed E-state index contributed by atoms with van der Waals surface area (Å²) in [6.45, 7) is 3.51. The molecule has 0 heterocycles. The number of carbonyl (C=O) groups is 1. The molecule has 4 heteroatoms. The number of amides is 1. The van der Waals surface area contributed by atoms with E-state index in [9.17, 15) is 9.18 Å². The van der Waals surface area contributed by atoms with Gasteiger partial charge in [0.25, 0.3) is 0 Å². The largest absolute Gasteiger partial charge is 0.342 e. The zero-order valence-corrected chi connectivity index (χ0v) is 14.9. The number of rotatable bonds is 6. The highest BCUT2D eigenvalue weighted by Gasteiger charge is 2.32. The smallest absolute Gasteiger partial charge is 0.236 e. The summed E-state index contributed by atoms with van der Waals surface area (Å²) in [6, 6.07) is 7.55. The van der Waals surface area contributed by atoms with Crippen LogP contribution in [0, 0.1) is 11.7 Å². The van der Waals surface area contributed by atoms with E-state index in [0.717, 1.165) is 30.9 Å². The van der Waals surface area contributed by atoms with E-state index in [1.807, 2.05) is 24.1 Å². The number of carbonyl (C=O) groups excluding carboxylic acids is 1. The lowest BCUT2D eigenvalue weighted by molar-refractivity contribution is -0.134. The Hall–Kier alpha value is -1.42. The molecule has 0 N–H and O–H groups in total. The molecule has 0 aromatic heterocycles. The van der Waals surface area contributed by atoms with Crippen LogP contribution in [0.25, 0.3) is 0 Å². The molecule has 24 heavy (non-hydrogen) atoms. The minimum absolute atomic E-state index is 0.209. The summed E-state index contributed by atoms with van der Waals surface area (Å²) in [5, 5.41) is 0. The Bertz CT molecular complexity index is 547. The van der Waals surface area contributed by atoms with Crippen molar-refractivity contribution >= 4 is 5.91 Å². The van der Waals surface area contributed by atoms with Crippen molar-refractivity contribution in [2.75, 3.05) is 13.6 Å². The second-order valence-electron chi connectivity index (χ2n) is 7.68. The molecule has 0 spiro atoms. The molecule has 0 bridgehead atoms. The summed E-state index contributed by atoms with van der Waals surface area (Å²) >= 11 is 0. The summed E-state index contributed by atoms with van der Waals surface area (Å²) in [5.74, 6) is 0.814. The van der Waals surface area contributed by atoms with Gasteiger partial charge in [0.15, 0.2) is 0 Å². The Kier molecular flexibility index (Phi) is 5.54. The van der Waals surface area contributed by atoms with Crippen molar-refractivity contribution in [2.24, 2.45) is 5.92 Å². The minimum Gasteiger partial charge on any atom is -0.342 e. The van der Waals surface area contributed by atoms with Crippen LogP contribution in [-0.4, -0.2) is 41.4 Å². The van der Waals surface area contributed by atoms with E-state index < -0.39 is 0 Å². The average Bonchev–Trinajstić information content (AvgIpc) is 3.41. The van der Waals surface area contributed by atoms with Gasteiger partial charge < -0.3 is 4.90 Å². The van der Waals surface area contributed by atoms with Crippen LogP contribution in [0.3, 0.4) is 0 Å². The highest BCUT2D eigenvalue weighted by Crippen LogP contribution is 2.29. The Morgan fingerprint density at radius 1 is 1.04 bits per heavy atom. The number of likely N-dealkylation sites (N-methyl/N-ethyl adjacent to an activating group) is 1. The van der Waals surface area contributed by atoms with Crippen LogP contribution in [0.1, 0.15) is 51.0 Å². The summed E-state index contributed by atoms with van der Waals surface area (Å²) in [5.41, 5.74) is 1.07. The predicted octanol–water partition coefficient (Wildman–Crippen LogP) is 3.83. The predicted molar refractivity (Wildman–Crippen MR) is 94.0 cm³/mol. The van der Waals surface area contributed by atoms with Crippen LogP contribution in [0.15, 0.2) is 24.3 Å². The van der Waals surface area contributed by atoms with E-state index in [0.29, 0.717) is 18.6 Å². The average molecular weight is 332 g/mol. The number of hydrogen-bond acceptors (Lipinski definition) is 2. The van der Waals surface area contributed by atoms with Gasteiger partial charge in [-0.05, 0) is 62.1 Å². The lowest BCUT2D eigenvalue weighted by atomic mass is 9.87. The SMILES string of the molecule is CC1CCC(N(C)C(=O)CN(Cc2ccc(F)cc2)C2CC2)CC1. The highest BCUT2D eigenvalue weighted by atomic mass is 19.1. The second kappa shape index (κ2) is 7.64. The van der Waals surface area contributed by atoms with Crippen LogP contribution in [0.5, 0.6) is 0 Å². The van der Waals surface area contributed by atoms with Gasteiger partial charge in [-0.15, -0.1) is 0 Å². The molecule has 1 aromatic carbocycles. The third-order valence-electron chi connectivity index (χ3n) is 5.63. The van der Waals surface area contributed by atoms with Gasteiger partial charge in [-0.2, -0.15) is 0 Å². The molecule has 3 rings (SSSR count). The number of benzene rings is 1. The molecular formula is C20H29FN2O. The van der Waals surface area contributed by atoms with Crippen LogP contribution in [0.2, 0.25) is 0 Å². The molecule has 0 unspecified atom stereocenters. The fourth-order valence-corrected chi connectivity index (χ4v) is 3.70. The Morgan fingerprint density at radius 2 is 1.62 bits per heavy atom. The van der Waals surface area contributed by atoms with Gasteiger partial charge in [0.05, 0.1) is 6.54 Å². The Balaban J connectivity index is 1.56. The van der Waals surface area contributed by atoms with Crippen molar-refractivity contribution in [1.29, 1.82) is 0 Å². The lowest BCUT2D eigenvalue weighted by Gasteiger charge is -2.35.